The predicted octanol–water partition coefficient (Wildman–Crippen LogP) is 2.70. The van der Waals surface area contributed by atoms with Crippen LogP contribution < -0.4 is 5.32 Å². The Labute approximate surface area is 121 Å². The van der Waals surface area contributed by atoms with Crippen molar-refractivity contribution in [2.75, 3.05) is 11.9 Å². The van der Waals surface area contributed by atoms with E-state index in [0.29, 0.717) is 16.9 Å². The van der Waals surface area contributed by atoms with Crippen LogP contribution >= 0.6 is 0 Å². The average Bonchev–Trinajstić information content (AvgIpc) is 2.48. The molecule has 1 heterocycles. The molecule has 21 heavy (non-hydrogen) atoms. The van der Waals surface area contributed by atoms with E-state index in [4.69, 9.17) is 9.84 Å². The van der Waals surface area contributed by atoms with Gasteiger partial charge in [0.1, 0.15) is 0 Å². The molecule has 0 saturated carbocycles. The number of hydrogen-bond donors (Lipinski definition) is 2. The highest BCUT2D eigenvalue weighted by Gasteiger charge is 2.12. The van der Waals surface area contributed by atoms with Crippen molar-refractivity contribution in [3.8, 4) is 0 Å². The normalized spacial score (nSPS) is 9.95. The van der Waals surface area contributed by atoms with E-state index in [0.717, 1.165) is 0 Å². The maximum atomic E-state index is 11.9. The van der Waals surface area contributed by atoms with Gasteiger partial charge in [0.2, 0.25) is 0 Å². The molecule has 0 saturated heterocycles. The summed E-state index contributed by atoms with van der Waals surface area (Å²) >= 11 is 0. The number of carboxylic acids is 1. The molecule has 1 aromatic carbocycles. The van der Waals surface area contributed by atoms with Crippen molar-refractivity contribution in [2.45, 2.75) is 6.92 Å². The molecular formula is C15H14N2O4. The number of carbonyl (C=O) groups excluding carboxylic acids is 1. The Kier molecular flexibility index (Phi) is 4.50. The van der Waals surface area contributed by atoms with Crippen LogP contribution in [0.5, 0.6) is 0 Å². The summed E-state index contributed by atoms with van der Waals surface area (Å²) in [5.41, 5.74) is 1.45. The minimum Gasteiger partial charge on any atom is -0.478 e. The maximum Gasteiger partial charge on any atom is 0.340 e. The van der Waals surface area contributed by atoms with Gasteiger partial charge in [-0.15, -0.1) is 0 Å². The molecule has 2 aromatic rings. The van der Waals surface area contributed by atoms with E-state index in [2.05, 4.69) is 10.3 Å². The fourth-order valence-electron chi connectivity index (χ4n) is 1.76. The lowest BCUT2D eigenvalue weighted by Crippen LogP contribution is -2.08. The molecule has 0 fully saturated rings. The van der Waals surface area contributed by atoms with Gasteiger partial charge in [0, 0.05) is 6.20 Å². The third kappa shape index (κ3) is 3.56. The number of anilines is 2. The first-order valence-electron chi connectivity index (χ1n) is 6.33. The lowest BCUT2D eigenvalue weighted by atomic mass is 10.1. The minimum absolute atomic E-state index is 0.0635. The molecule has 0 aliphatic rings. The second-order valence-electron chi connectivity index (χ2n) is 4.16. The molecule has 6 heteroatoms. The molecule has 108 valence electrons. The number of carbonyl (C=O) groups is 2. The summed E-state index contributed by atoms with van der Waals surface area (Å²) < 4.78 is 4.98. The van der Waals surface area contributed by atoms with E-state index in [1.807, 2.05) is 0 Å². The summed E-state index contributed by atoms with van der Waals surface area (Å²) in [7, 11) is 0. The van der Waals surface area contributed by atoms with Gasteiger partial charge < -0.3 is 15.2 Å². The third-order valence-corrected chi connectivity index (χ3v) is 2.69. The molecule has 6 nitrogen and oxygen atoms in total. The van der Waals surface area contributed by atoms with Crippen LogP contribution in [0.1, 0.15) is 27.6 Å². The lowest BCUT2D eigenvalue weighted by molar-refractivity contribution is 0.0527. The number of nitrogens with one attached hydrogen (secondary N) is 1. The monoisotopic (exact) mass is 286 g/mol. The second kappa shape index (κ2) is 6.51. The summed E-state index contributed by atoms with van der Waals surface area (Å²) in [6.07, 6.45) is 2.74. The van der Waals surface area contributed by atoms with Crippen LogP contribution in [0.2, 0.25) is 0 Å². The van der Waals surface area contributed by atoms with Crippen molar-refractivity contribution >= 4 is 23.3 Å². The van der Waals surface area contributed by atoms with Gasteiger partial charge >= 0.3 is 11.9 Å². The Balaban J connectivity index is 2.29. The number of hydrogen-bond acceptors (Lipinski definition) is 5. The molecule has 0 radical (unpaired) electrons. The third-order valence-electron chi connectivity index (χ3n) is 2.69. The summed E-state index contributed by atoms with van der Waals surface area (Å²) in [6, 6.07) is 8.27. The van der Waals surface area contributed by atoms with E-state index in [1.54, 1.807) is 31.2 Å². The Morgan fingerprint density at radius 2 is 2.05 bits per heavy atom. The standard InChI is InChI=1S/C15H14N2O4/c1-2-21-15(20)12-5-3-4-6-13(12)17-11-7-10(14(18)19)8-16-9-11/h3-9,17H,2H2,1H3,(H,18,19). The average molecular weight is 286 g/mol. The number of para-hydroxylation sites is 1. The van der Waals surface area contributed by atoms with Crippen molar-refractivity contribution < 1.29 is 19.4 Å². The number of aromatic nitrogens is 1. The molecule has 1 aromatic heterocycles. The van der Waals surface area contributed by atoms with E-state index in [1.165, 1.54) is 18.5 Å². The highest BCUT2D eigenvalue weighted by Crippen LogP contribution is 2.21. The summed E-state index contributed by atoms with van der Waals surface area (Å²) in [4.78, 5) is 26.6. The van der Waals surface area contributed by atoms with Gasteiger partial charge in [0.05, 0.1) is 35.3 Å². The number of benzene rings is 1. The number of esters is 1. The zero-order valence-corrected chi connectivity index (χ0v) is 11.4. The summed E-state index contributed by atoms with van der Waals surface area (Å²) in [5, 5.41) is 11.9. The first kappa shape index (κ1) is 14.5. The quantitative estimate of drug-likeness (QED) is 0.821. The van der Waals surface area contributed by atoms with Crippen LogP contribution in [-0.2, 0) is 4.74 Å². The van der Waals surface area contributed by atoms with Crippen LogP contribution in [0.25, 0.3) is 0 Å². The van der Waals surface area contributed by atoms with Crippen molar-refractivity contribution in [2.24, 2.45) is 0 Å². The highest BCUT2D eigenvalue weighted by atomic mass is 16.5. The number of carboxylic acid groups (broad SMARTS) is 1. The molecule has 0 unspecified atom stereocenters. The van der Waals surface area contributed by atoms with Crippen LogP contribution in [0, 0.1) is 0 Å². The number of aromatic carboxylic acids is 1. The zero-order chi connectivity index (χ0) is 15.2. The number of pyridine rings is 1. The Morgan fingerprint density at radius 3 is 2.76 bits per heavy atom. The SMILES string of the molecule is CCOC(=O)c1ccccc1Nc1cncc(C(=O)O)c1. The summed E-state index contributed by atoms with van der Waals surface area (Å²) in [5.74, 6) is -1.51. The smallest absolute Gasteiger partial charge is 0.340 e. The predicted molar refractivity (Wildman–Crippen MR) is 76.9 cm³/mol. The fraction of sp³-hybridized carbons (Fsp3) is 0.133. The van der Waals surface area contributed by atoms with E-state index < -0.39 is 11.9 Å². The lowest BCUT2D eigenvalue weighted by Gasteiger charge is -2.11. The Morgan fingerprint density at radius 1 is 1.29 bits per heavy atom. The van der Waals surface area contributed by atoms with Gasteiger partial charge in [0.15, 0.2) is 0 Å². The van der Waals surface area contributed by atoms with Crippen LogP contribution in [0.15, 0.2) is 42.7 Å². The van der Waals surface area contributed by atoms with Gasteiger partial charge in [-0.25, -0.2) is 9.59 Å². The highest BCUT2D eigenvalue weighted by molar-refractivity contribution is 5.96. The van der Waals surface area contributed by atoms with E-state index in [9.17, 15) is 9.59 Å². The molecule has 0 atom stereocenters. The largest absolute Gasteiger partial charge is 0.478 e. The maximum absolute atomic E-state index is 11.9. The number of nitrogens with zero attached hydrogens (tertiary/aromatic N) is 1. The zero-order valence-electron chi connectivity index (χ0n) is 11.4. The van der Waals surface area contributed by atoms with Crippen molar-refractivity contribution in [1.29, 1.82) is 0 Å². The van der Waals surface area contributed by atoms with Crippen molar-refractivity contribution in [3.63, 3.8) is 0 Å². The number of ether oxygens (including phenoxy) is 1. The molecule has 0 spiro atoms. The fourth-order valence-corrected chi connectivity index (χ4v) is 1.76. The topological polar surface area (TPSA) is 88.5 Å². The van der Waals surface area contributed by atoms with Crippen molar-refractivity contribution in [3.05, 3.63) is 53.9 Å². The first-order valence-corrected chi connectivity index (χ1v) is 6.33. The number of rotatable bonds is 5. The van der Waals surface area contributed by atoms with E-state index in [-0.39, 0.29) is 12.2 Å². The molecule has 2 N–H and O–H groups in total. The Bertz CT molecular complexity index is 670. The molecule has 0 aliphatic heterocycles. The summed E-state index contributed by atoms with van der Waals surface area (Å²) in [6.45, 7) is 2.01. The van der Waals surface area contributed by atoms with Crippen LogP contribution in [0.3, 0.4) is 0 Å². The van der Waals surface area contributed by atoms with Gasteiger partial charge in [0.25, 0.3) is 0 Å². The molecule has 2 rings (SSSR count). The van der Waals surface area contributed by atoms with Crippen molar-refractivity contribution in [1.82, 2.24) is 4.98 Å². The molecular weight excluding hydrogens is 272 g/mol. The molecule has 0 aliphatic carbocycles. The second-order valence-corrected chi connectivity index (χ2v) is 4.16. The minimum atomic E-state index is -1.06. The Hall–Kier alpha value is -2.89. The van der Waals surface area contributed by atoms with Crippen LogP contribution in [0.4, 0.5) is 11.4 Å². The van der Waals surface area contributed by atoms with Gasteiger partial charge in [-0.3, -0.25) is 4.98 Å². The van der Waals surface area contributed by atoms with Gasteiger partial charge in [-0.2, -0.15) is 0 Å². The first-order chi connectivity index (χ1) is 10.1. The van der Waals surface area contributed by atoms with Gasteiger partial charge in [-0.05, 0) is 25.1 Å². The van der Waals surface area contributed by atoms with Gasteiger partial charge in [-0.1, -0.05) is 12.1 Å². The molecule has 0 amide bonds. The molecule has 0 bridgehead atoms. The van der Waals surface area contributed by atoms with E-state index >= 15 is 0 Å². The van der Waals surface area contributed by atoms with Crippen LogP contribution in [-0.4, -0.2) is 28.6 Å².